The Hall–Kier alpha value is -1.42. The molecule has 1 aromatic carbocycles. The quantitative estimate of drug-likeness (QED) is 0.794. The van der Waals surface area contributed by atoms with E-state index in [0.29, 0.717) is 18.7 Å². The van der Waals surface area contributed by atoms with E-state index in [1.54, 1.807) is 20.0 Å². The SMILES string of the molecule is CNCCC(=O)Nc1ccc(F)cc1C. The summed E-state index contributed by atoms with van der Waals surface area (Å²) < 4.78 is 12.8. The zero-order valence-corrected chi connectivity index (χ0v) is 8.93. The predicted molar refractivity (Wildman–Crippen MR) is 58.3 cm³/mol. The highest BCUT2D eigenvalue weighted by atomic mass is 19.1. The maximum atomic E-state index is 12.8. The van der Waals surface area contributed by atoms with Gasteiger partial charge in [-0.2, -0.15) is 0 Å². The van der Waals surface area contributed by atoms with Gasteiger partial charge in [0, 0.05) is 18.7 Å². The lowest BCUT2D eigenvalue weighted by atomic mass is 10.2. The molecule has 82 valence electrons. The van der Waals surface area contributed by atoms with Gasteiger partial charge in [-0.1, -0.05) is 0 Å². The Balaban J connectivity index is 2.60. The van der Waals surface area contributed by atoms with Crippen LogP contribution in [0.15, 0.2) is 18.2 Å². The zero-order chi connectivity index (χ0) is 11.3. The average molecular weight is 210 g/mol. The largest absolute Gasteiger partial charge is 0.326 e. The van der Waals surface area contributed by atoms with Crippen molar-refractivity contribution in [3.63, 3.8) is 0 Å². The lowest BCUT2D eigenvalue weighted by molar-refractivity contribution is -0.116. The standard InChI is InChI=1S/C11H15FN2O/c1-8-7-9(12)3-4-10(8)14-11(15)5-6-13-2/h3-4,7,13H,5-6H2,1-2H3,(H,14,15). The van der Waals surface area contributed by atoms with Gasteiger partial charge in [-0.3, -0.25) is 4.79 Å². The van der Waals surface area contributed by atoms with Gasteiger partial charge in [-0.25, -0.2) is 4.39 Å². The van der Waals surface area contributed by atoms with Crippen LogP contribution in [0.3, 0.4) is 0 Å². The number of hydrogen-bond donors (Lipinski definition) is 2. The smallest absolute Gasteiger partial charge is 0.225 e. The molecule has 0 radical (unpaired) electrons. The van der Waals surface area contributed by atoms with Gasteiger partial charge in [0.25, 0.3) is 0 Å². The maximum absolute atomic E-state index is 12.8. The number of aryl methyl sites for hydroxylation is 1. The molecule has 0 atom stereocenters. The van der Waals surface area contributed by atoms with Gasteiger partial charge in [0.15, 0.2) is 0 Å². The van der Waals surface area contributed by atoms with Crippen LogP contribution in [0.2, 0.25) is 0 Å². The summed E-state index contributed by atoms with van der Waals surface area (Å²) in [5, 5.41) is 5.61. The summed E-state index contributed by atoms with van der Waals surface area (Å²) in [6, 6.07) is 4.30. The van der Waals surface area contributed by atoms with Crippen LogP contribution in [0, 0.1) is 12.7 Å². The Bertz CT molecular complexity index is 352. The van der Waals surface area contributed by atoms with Crippen LogP contribution >= 0.6 is 0 Å². The number of nitrogens with one attached hydrogen (secondary N) is 2. The monoisotopic (exact) mass is 210 g/mol. The van der Waals surface area contributed by atoms with Crippen LogP contribution < -0.4 is 10.6 Å². The van der Waals surface area contributed by atoms with E-state index in [1.807, 2.05) is 0 Å². The highest BCUT2D eigenvalue weighted by molar-refractivity contribution is 5.91. The van der Waals surface area contributed by atoms with E-state index in [2.05, 4.69) is 10.6 Å². The van der Waals surface area contributed by atoms with Gasteiger partial charge in [0.2, 0.25) is 5.91 Å². The number of amides is 1. The van der Waals surface area contributed by atoms with Gasteiger partial charge in [-0.15, -0.1) is 0 Å². The normalized spacial score (nSPS) is 10.1. The van der Waals surface area contributed by atoms with Crippen molar-refractivity contribution in [1.29, 1.82) is 0 Å². The molecule has 0 fully saturated rings. The molecular formula is C11H15FN2O. The molecule has 0 heterocycles. The summed E-state index contributed by atoms with van der Waals surface area (Å²) >= 11 is 0. The molecule has 3 nitrogen and oxygen atoms in total. The third kappa shape index (κ3) is 3.67. The summed E-state index contributed by atoms with van der Waals surface area (Å²) in [6.07, 6.45) is 0.410. The molecule has 0 aliphatic carbocycles. The summed E-state index contributed by atoms with van der Waals surface area (Å²) in [7, 11) is 1.79. The van der Waals surface area contributed by atoms with Crippen LogP contribution in [0.25, 0.3) is 0 Å². The maximum Gasteiger partial charge on any atom is 0.225 e. The fourth-order valence-electron chi connectivity index (χ4n) is 1.22. The minimum absolute atomic E-state index is 0.0703. The molecule has 0 aliphatic rings. The van der Waals surface area contributed by atoms with Gasteiger partial charge in [0.05, 0.1) is 0 Å². The van der Waals surface area contributed by atoms with Gasteiger partial charge < -0.3 is 10.6 Å². The van der Waals surface area contributed by atoms with E-state index < -0.39 is 0 Å². The second kappa shape index (κ2) is 5.46. The van der Waals surface area contributed by atoms with E-state index >= 15 is 0 Å². The highest BCUT2D eigenvalue weighted by Crippen LogP contribution is 2.15. The van der Waals surface area contributed by atoms with Crippen molar-refractivity contribution < 1.29 is 9.18 Å². The molecule has 1 rings (SSSR count). The molecular weight excluding hydrogens is 195 g/mol. The first-order chi connectivity index (χ1) is 7.13. The Morgan fingerprint density at radius 1 is 1.47 bits per heavy atom. The van der Waals surface area contributed by atoms with Crippen LogP contribution in [0.5, 0.6) is 0 Å². The summed E-state index contributed by atoms with van der Waals surface area (Å²) in [5.41, 5.74) is 1.39. The summed E-state index contributed by atoms with van der Waals surface area (Å²) in [5.74, 6) is -0.361. The molecule has 4 heteroatoms. The first-order valence-electron chi connectivity index (χ1n) is 4.84. The van der Waals surface area contributed by atoms with E-state index in [9.17, 15) is 9.18 Å². The van der Waals surface area contributed by atoms with Crippen molar-refractivity contribution in [2.24, 2.45) is 0 Å². The lowest BCUT2D eigenvalue weighted by Gasteiger charge is -2.07. The molecule has 0 saturated carbocycles. The number of halogens is 1. The molecule has 0 aromatic heterocycles. The second-order valence-corrected chi connectivity index (χ2v) is 3.36. The molecule has 2 N–H and O–H groups in total. The van der Waals surface area contributed by atoms with Crippen molar-refractivity contribution in [3.05, 3.63) is 29.6 Å². The van der Waals surface area contributed by atoms with Gasteiger partial charge in [-0.05, 0) is 37.7 Å². The molecule has 1 aromatic rings. The van der Waals surface area contributed by atoms with E-state index in [0.717, 1.165) is 5.56 Å². The lowest BCUT2D eigenvalue weighted by Crippen LogP contribution is -2.19. The average Bonchev–Trinajstić information content (AvgIpc) is 2.19. The summed E-state index contributed by atoms with van der Waals surface area (Å²) in [4.78, 5) is 11.4. The van der Waals surface area contributed by atoms with Crippen molar-refractivity contribution >= 4 is 11.6 Å². The minimum atomic E-state index is -0.291. The van der Waals surface area contributed by atoms with Crippen LogP contribution in [-0.2, 0) is 4.79 Å². The first-order valence-corrected chi connectivity index (χ1v) is 4.84. The number of carbonyl (C=O) groups is 1. The number of rotatable bonds is 4. The number of hydrogen-bond acceptors (Lipinski definition) is 2. The zero-order valence-electron chi connectivity index (χ0n) is 8.93. The highest BCUT2D eigenvalue weighted by Gasteiger charge is 2.04. The van der Waals surface area contributed by atoms with Crippen molar-refractivity contribution in [2.45, 2.75) is 13.3 Å². The van der Waals surface area contributed by atoms with Gasteiger partial charge in [0.1, 0.15) is 5.82 Å². The van der Waals surface area contributed by atoms with Crippen LogP contribution in [0.4, 0.5) is 10.1 Å². The fourth-order valence-corrected chi connectivity index (χ4v) is 1.22. The van der Waals surface area contributed by atoms with E-state index in [4.69, 9.17) is 0 Å². The summed E-state index contributed by atoms with van der Waals surface area (Å²) in [6.45, 7) is 2.39. The van der Waals surface area contributed by atoms with E-state index in [-0.39, 0.29) is 11.7 Å². The molecule has 0 unspecified atom stereocenters. The fraction of sp³-hybridized carbons (Fsp3) is 0.364. The number of benzene rings is 1. The van der Waals surface area contributed by atoms with Gasteiger partial charge >= 0.3 is 0 Å². The molecule has 0 bridgehead atoms. The Morgan fingerprint density at radius 3 is 2.80 bits per heavy atom. The third-order valence-corrected chi connectivity index (χ3v) is 2.06. The van der Waals surface area contributed by atoms with Crippen LogP contribution in [-0.4, -0.2) is 19.5 Å². The topological polar surface area (TPSA) is 41.1 Å². The third-order valence-electron chi connectivity index (χ3n) is 2.06. The van der Waals surface area contributed by atoms with E-state index in [1.165, 1.54) is 12.1 Å². The second-order valence-electron chi connectivity index (χ2n) is 3.36. The Morgan fingerprint density at radius 2 is 2.20 bits per heavy atom. The van der Waals surface area contributed by atoms with Crippen molar-refractivity contribution in [1.82, 2.24) is 5.32 Å². The minimum Gasteiger partial charge on any atom is -0.326 e. The van der Waals surface area contributed by atoms with Crippen molar-refractivity contribution in [2.75, 3.05) is 18.9 Å². The Kier molecular flexibility index (Phi) is 4.24. The number of carbonyl (C=O) groups excluding carboxylic acids is 1. The molecule has 1 amide bonds. The predicted octanol–water partition coefficient (Wildman–Crippen LogP) is 1.68. The van der Waals surface area contributed by atoms with Crippen LogP contribution in [0.1, 0.15) is 12.0 Å². The Labute approximate surface area is 88.7 Å². The van der Waals surface area contributed by atoms with Crippen molar-refractivity contribution in [3.8, 4) is 0 Å². The number of anilines is 1. The molecule has 0 spiro atoms. The first kappa shape index (κ1) is 11.7. The molecule has 0 saturated heterocycles. The molecule has 15 heavy (non-hydrogen) atoms. The molecule has 0 aliphatic heterocycles.